The standard InChI is InChI=1S/C14H31N3O/c1-5-7-9-13(6-2)12-17-14(15-3)16-10-8-11-18-4/h13H,5-12H2,1-4H3,(H2,15,16,17). The van der Waals surface area contributed by atoms with E-state index in [9.17, 15) is 0 Å². The van der Waals surface area contributed by atoms with Crippen LogP contribution in [0.2, 0.25) is 0 Å². The minimum Gasteiger partial charge on any atom is -0.385 e. The number of aliphatic imine (C=N–C) groups is 1. The van der Waals surface area contributed by atoms with Crippen molar-refractivity contribution >= 4 is 5.96 Å². The minimum absolute atomic E-state index is 0.752. The van der Waals surface area contributed by atoms with Gasteiger partial charge in [0.15, 0.2) is 5.96 Å². The van der Waals surface area contributed by atoms with E-state index in [0.717, 1.165) is 38.0 Å². The molecule has 0 aliphatic heterocycles. The van der Waals surface area contributed by atoms with Crippen molar-refractivity contribution in [3.05, 3.63) is 0 Å². The van der Waals surface area contributed by atoms with Crippen LogP contribution in [0.15, 0.2) is 4.99 Å². The highest BCUT2D eigenvalue weighted by atomic mass is 16.5. The van der Waals surface area contributed by atoms with Crippen LogP contribution in [0.1, 0.15) is 46.0 Å². The zero-order valence-corrected chi connectivity index (χ0v) is 12.6. The lowest BCUT2D eigenvalue weighted by atomic mass is 9.99. The molecule has 0 aliphatic carbocycles. The fourth-order valence-electron chi connectivity index (χ4n) is 1.83. The van der Waals surface area contributed by atoms with Gasteiger partial charge in [-0.15, -0.1) is 0 Å². The topological polar surface area (TPSA) is 45.7 Å². The predicted molar refractivity (Wildman–Crippen MR) is 79.2 cm³/mol. The lowest BCUT2D eigenvalue weighted by Crippen LogP contribution is -2.40. The van der Waals surface area contributed by atoms with Crippen LogP contribution in [0.3, 0.4) is 0 Å². The van der Waals surface area contributed by atoms with Crippen LogP contribution in [0.25, 0.3) is 0 Å². The summed E-state index contributed by atoms with van der Waals surface area (Å²) in [4.78, 5) is 4.23. The number of nitrogens with one attached hydrogen (secondary N) is 2. The molecule has 0 saturated carbocycles. The van der Waals surface area contributed by atoms with Crippen molar-refractivity contribution in [2.24, 2.45) is 10.9 Å². The van der Waals surface area contributed by atoms with Crippen LogP contribution in [0.4, 0.5) is 0 Å². The number of unbranched alkanes of at least 4 members (excludes halogenated alkanes) is 1. The third-order valence-electron chi connectivity index (χ3n) is 3.14. The van der Waals surface area contributed by atoms with Crippen LogP contribution in [0.5, 0.6) is 0 Å². The zero-order chi connectivity index (χ0) is 13.6. The maximum Gasteiger partial charge on any atom is 0.190 e. The maximum atomic E-state index is 5.02. The van der Waals surface area contributed by atoms with Gasteiger partial charge < -0.3 is 15.4 Å². The molecule has 0 saturated heterocycles. The normalized spacial score (nSPS) is 13.4. The Hall–Kier alpha value is -0.770. The summed E-state index contributed by atoms with van der Waals surface area (Å²) < 4.78 is 5.02. The summed E-state index contributed by atoms with van der Waals surface area (Å²) in [6.07, 6.45) is 6.14. The second-order valence-electron chi connectivity index (χ2n) is 4.64. The highest BCUT2D eigenvalue weighted by molar-refractivity contribution is 5.79. The molecule has 2 N–H and O–H groups in total. The van der Waals surface area contributed by atoms with E-state index in [-0.39, 0.29) is 0 Å². The van der Waals surface area contributed by atoms with Gasteiger partial charge in [0.2, 0.25) is 0 Å². The minimum atomic E-state index is 0.752. The summed E-state index contributed by atoms with van der Waals surface area (Å²) in [7, 11) is 3.55. The van der Waals surface area contributed by atoms with Crippen LogP contribution in [0, 0.1) is 5.92 Å². The summed E-state index contributed by atoms with van der Waals surface area (Å²) in [5.74, 6) is 1.66. The first kappa shape index (κ1) is 17.2. The molecule has 0 aromatic carbocycles. The van der Waals surface area contributed by atoms with E-state index in [2.05, 4.69) is 29.5 Å². The number of methoxy groups -OCH3 is 1. The first-order valence-corrected chi connectivity index (χ1v) is 7.21. The molecule has 0 spiro atoms. The molecule has 0 rings (SSSR count). The van der Waals surface area contributed by atoms with E-state index in [4.69, 9.17) is 4.74 Å². The van der Waals surface area contributed by atoms with E-state index in [0.29, 0.717) is 0 Å². The lowest BCUT2D eigenvalue weighted by molar-refractivity contribution is 0.195. The van der Waals surface area contributed by atoms with Gasteiger partial charge in [0.1, 0.15) is 0 Å². The first-order chi connectivity index (χ1) is 8.78. The molecule has 1 atom stereocenters. The number of nitrogens with zero attached hydrogens (tertiary/aromatic N) is 1. The molecule has 0 radical (unpaired) electrons. The molecule has 4 nitrogen and oxygen atoms in total. The number of rotatable bonds is 10. The molecule has 18 heavy (non-hydrogen) atoms. The van der Waals surface area contributed by atoms with Crippen LogP contribution in [-0.2, 0) is 4.74 Å². The van der Waals surface area contributed by atoms with Gasteiger partial charge in [-0.05, 0) is 18.8 Å². The molecule has 0 bridgehead atoms. The quantitative estimate of drug-likeness (QED) is 0.359. The third-order valence-corrected chi connectivity index (χ3v) is 3.14. The Morgan fingerprint density at radius 1 is 1.22 bits per heavy atom. The lowest BCUT2D eigenvalue weighted by Gasteiger charge is -2.17. The Balaban J connectivity index is 3.76. The Morgan fingerprint density at radius 2 is 2.00 bits per heavy atom. The smallest absolute Gasteiger partial charge is 0.190 e. The largest absolute Gasteiger partial charge is 0.385 e. The van der Waals surface area contributed by atoms with E-state index < -0.39 is 0 Å². The van der Waals surface area contributed by atoms with Gasteiger partial charge >= 0.3 is 0 Å². The van der Waals surface area contributed by atoms with Crippen molar-refractivity contribution in [2.75, 3.05) is 33.9 Å². The number of ether oxygens (including phenoxy) is 1. The number of hydrogen-bond donors (Lipinski definition) is 2. The molecular weight excluding hydrogens is 226 g/mol. The molecule has 0 aromatic heterocycles. The SMILES string of the molecule is CCCCC(CC)CNC(=NC)NCCCOC. The highest BCUT2D eigenvalue weighted by Crippen LogP contribution is 2.10. The predicted octanol–water partition coefficient (Wildman–Crippen LogP) is 2.40. The van der Waals surface area contributed by atoms with E-state index in [1.165, 1.54) is 25.7 Å². The second kappa shape index (κ2) is 12.7. The summed E-state index contributed by atoms with van der Waals surface area (Å²) in [6.45, 7) is 7.21. The molecule has 0 aromatic rings. The van der Waals surface area contributed by atoms with Crippen molar-refractivity contribution in [1.29, 1.82) is 0 Å². The van der Waals surface area contributed by atoms with E-state index in [1.54, 1.807) is 7.11 Å². The fraction of sp³-hybridized carbons (Fsp3) is 0.929. The Kier molecular flexibility index (Phi) is 12.1. The van der Waals surface area contributed by atoms with Crippen molar-refractivity contribution in [1.82, 2.24) is 10.6 Å². The second-order valence-corrected chi connectivity index (χ2v) is 4.64. The summed E-state index contributed by atoms with van der Waals surface area (Å²) in [5, 5.41) is 6.70. The maximum absolute atomic E-state index is 5.02. The molecule has 0 heterocycles. The summed E-state index contributed by atoms with van der Waals surface area (Å²) in [6, 6.07) is 0. The first-order valence-electron chi connectivity index (χ1n) is 7.21. The van der Waals surface area contributed by atoms with Crippen LogP contribution >= 0.6 is 0 Å². The molecular formula is C14H31N3O. The molecule has 0 amide bonds. The van der Waals surface area contributed by atoms with E-state index in [1.807, 2.05) is 7.05 Å². The Morgan fingerprint density at radius 3 is 2.56 bits per heavy atom. The van der Waals surface area contributed by atoms with Gasteiger partial charge in [-0.3, -0.25) is 4.99 Å². The van der Waals surface area contributed by atoms with Crippen molar-refractivity contribution < 1.29 is 4.74 Å². The Labute approximate surface area is 113 Å². The Bertz CT molecular complexity index is 207. The van der Waals surface area contributed by atoms with Gasteiger partial charge in [0.05, 0.1) is 0 Å². The fourth-order valence-corrected chi connectivity index (χ4v) is 1.83. The van der Waals surface area contributed by atoms with Crippen LogP contribution in [-0.4, -0.2) is 39.8 Å². The molecule has 0 aliphatic rings. The number of hydrogen-bond acceptors (Lipinski definition) is 2. The average molecular weight is 257 g/mol. The van der Waals surface area contributed by atoms with Gasteiger partial charge in [0, 0.05) is 33.9 Å². The molecule has 4 heteroatoms. The molecule has 108 valence electrons. The molecule has 1 unspecified atom stereocenters. The van der Waals surface area contributed by atoms with Crippen molar-refractivity contribution in [3.8, 4) is 0 Å². The molecule has 0 fully saturated rings. The average Bonchev–Trinajstić information content (AvgIpc) is 2.41. The zero-order valence-electron chi connectivity index (χ0n) is 12.6. The highest BCUT2D eigenvalue weighted by Gasteiger charge is 2.06. The van der Waals surface area contributed by atoms with Crippen LogP contribution < -0.4 is 10.6 Å². The van der Waals surface area contributed by atoms with Gasteiger partial charge in [-0.1, -0.05) is 33.1 Å². The monoisotopic (exact) mass is 257 g/mol. The van der Waals surface area contributed by atoms with E-state index >= 15 is 0 Å². The van der Waals surface area contributed by atoms with Crippen molar-refractivity contribution in [3.63, 3.8) is 0 Å². The third kappa shape index (κ3) is 9.28. The summed E-state index contributed by atoms with van der Waals surface area (Å²) in [5.41, 5.74) is 0. The van der Waals surface area contributed by atoms with Gasteiger partial charge in [-0.2, -0.15) is 0 Å². The van der Waals surface area contributed by atoms with Gasteiger partial charge in [-0.25, -0.2) is 0 Å². The van der Waals surface area contributed by atoms with Crippen molar-refractivity contribution in [2.45, 2.75) is 46.0 Å². The van der Waals surface area contributed by atoms with Gasteiger partial charge in [0.25, 0.3) is 0 Å². The summed E-state index contributed by atoms with van der Waals surface area (Å²) >= 11 is 0. The number of guanidine groups is 1.